The van der Waals surface area contributed by atoms with Gasteiger partial charge in [0, 0.05) is 32.7 Å². The number of nitrogens with one attached hydrogen (secondary N) is 1. The van der Waals surface area contributed by atoms with Crippen molar-refractivity contribution in [3.63, 3.8) is 0 Å². The standard InChI is InChI=1S/C15H27N3O3/c1-3-18-9-5-12(6-10-18)17(2)14(21)16-11-15(13(19)20)7-4-8-15/h12H,3-11H2,1-2H3,(H,16,21)(H,19,20). The Bertz CT molecular complexity index is 388. The van der Waals surface area contributed by atoms with Crippen LogP contribution in [0.5, 0.6) is 0 Å². The van der Waals surface area contributed by atoms with Gasteiger partial charge in [-0.05, 0) is 32.2 Å². The first kappa shape index (κ1) is 16.1. The van der Waals surface area contributed by atoms with E-state index in [0.29, 0.717) is 12.8 Å². The van der Waals surface area contributed by atoms with Crippen molar-refractivity contribution in [1.29, 1.82) is 0 Å². The second kappa shape index (κ2) is 6.64. The first-order valence-corrected chi connectivity index (χ1v) is 7.95. The van der Waals surface area contributed by atoms with E-state index in [4.69, 9.17) is 0 Å². The molecule has 0 spiro atoms. The van der Waals surface area contributed by atoms with Gasteiger partial charge in [-0.2, -0.15) is 0 Å². The lowest BCUT2D eigenvalue weighted by atomic mass is 9.69. The highest BCUT2D eigenvalue weighted by Crippen LogP contribution is 2.40. The molecule has 1 saturated heterocycles. The van der Waals surface area contributed by atoms with E-state index < -0.39 is 11.4 Å². The van der Waals surface area contributed by atoms with Gasteiger partial charge in [0.25, 0.3) is 0 Å². The van der Waals surface area contributed by atoms with E-state index in [-0.39, 0.29) is 18.6 Å². The van der Waals surface area contributed by atoms with E-state index in [1.807, 2.05) is 7.05 Å². The smallest absolute Gasteiger partial charge is 0.317 e. The molecule has 0 atom stereocenters. The molecule has 21 heavy (non-hydrogen) atoms. The molecular formula is C15H27N3O3. The summed E-state index contributed by atoms with van der Waals surface area (Å²) in [4.78, 5) is 27.6. The molecule has 0 aromatic carbocycles. The van der Waals surface area contributed by atoms with Gasteiger partial charge in [0.2, 0.25) is 0 Å². The molecule has 2 fully saturated rings. The number of carboxylic acids is 1. The van der Waals surface area contributed by atoms with Crippen LogP contribution in [0.4, 0.5) is 4.79 Å². The average molecular weight is 297 g/mol. The second-order valence-electron chi connectivity index (χ2n) is 6.37. The summed E-state index contributed by atoms with van der Waals surface area (Å²) in [5.41, 5.74) is -0.720. The van der Waals surface area contributed by atoms with Crippen LogP contribution < -0.4 is 5.32 Å². The summed E-state index contributed by atoms with van der Waals surface area (Å²) in [5.74, 6) is -0.784. The maximum atomic E-state index is 12.2. The first-order chi connectivity index (χ1) is 9.98. The van der Waals surface area contributed by atoms with E-state index in [1.165, 1.54) is 0 Å². The molecule has 0 unspecified atom stereocenters. The lowest BCUT2D eigenvalue weighted by Crippen LogP contribution is -2.53. The van der Waals surface area contributed by atoms with Gasteiger partial charge in [0.05, 0.1) is 5.41 Å². The highest BCUT2D eigenvalue weighted by molar-refractivity contribution is 5.79. The van der Waals surface area contributed by atoms with Crippen LogP contribution in [0.25, 0.3) is 0 Å². The van der Waals surface area contributed by atoms with Crippen LogP contribution in [0.15, 0.2) is 0 Å². The molecule has 2 aliphatic rings. The highest BCUT2D eigenvalue weighted by Gasteiger charge is 2.44. The summed E-state index contributed by atoms with van der Waals surface area (Å²) in [6.45, 7) is 5.51. The summed E-state index contributed by atoms with van der Waals surface area (Å²) < 4.78 is 0. The normalized spacial score (nSPS) is 22.4. The number of aliphatic carboxylic acids is 1. The minimum Gasteiger partial charge on any atom is -0.481 e. The van der Waals surface area contributed by atoms with E-state index in [1.54, 1.807) is 4.90 Å². The third kappa shape index (κ3) is 3.48. The van der Waals surface area contributed by atoms with Crippen molar-refractivity contribution in [3.05, 3.63) is 0 Å². The lowest BCUT2D eigenvalue weighted by molar-refractivity contribution is -0.153. The highest BCUT2D eigenvalue weighted by atomic mass is 16.4. The predicted molar refractivity (Wildman–Crippen MR) is 80.2 cm³/mol. The van der Waals surface area contributed by atoms with Crippen LogP contribution >= 0.6 is 0 Å². The Morgan fingerprint density at radius 3 is 2.38 bits per heavy atom. The molecular weight excluding hydrogens is 270 g/mol. The van der Waals surface area contributed by atoms with Crippen molar-refractivity contribution in [2.75, 3.05) is 33.2 Å². The van der Waals surface area contributed by atoms with E-state index in [2.05, 4.69) is 17.1 Å². The number of urea groups is 1. The number of amides is 2. The number of hydrogen-bond donors (Lipinski definition) is 2. The number of nitrogens with zero attached hydrogens (tertiary/aromatic N) is 2. The molecule has 6 nitrogen and oxygen atoms in total. The largest absolute Gasteiger partial charge is 0.481 e. The molecule has 2 N–H and O–H groups in total. The Morgan fingerprint density at radius 2 is 1.95 bits per heavy atom. The fourth-order valence-corrected chi connectivity index (χ4v) is 3.23. The van der Waals surface area contributed by atoms with Gasteiger partial charge >= 0.3 is 12.0 Å². The molecule has 0 radical (unpaired) electrons. The maximum Gasteiger partial charge on any atom is 0.317 e. The van der Waals surface area contributed by atoms with Gasteiger partial charge in [-0.15, -0.1) is 0 Å². The first-order valence-electron chi connectivity index (χ1n) is 7.95. The number of carboxylic acid groups (broad SMARTS) is 1. The zero-order chi connectivity index (χ0) is 15.5. The van der Waals surface area contributed by atoms with Crippen LogP contribution in [0, 0.1) is 5.41 Å². The van der Waals surface area contributed by atoms with Gasteiger partial charge in [-0.25, -0.2) is 4.79 Å². The Kier molecular flexibility index (Phi) is 5.08. The molecule has 2 rings (SSSR count). The predicted octanol–water partition coefficient (Wildman–Crippen LogP) is 1.37. The molecule has 0 bridgehead atoms. The minimum atomic E-state index is -0.784. The lowest BCUT2D eigenvalue weighted by Gasteiger charge is -2.39. The maximum absolute atomic E-state index is 12.2. The van der Waals surface area contributed by atoms with Crippen LogP contribution in [0.1, 0.15) is 39.0 Å². The summed E-state index contributed by atoms with van der Waals surface area (Å²) in [7, 11) is 1.82. The number of piperidine rings is 1. The molecule has 1 aliphatic carbocycles. The van der Waals surface area contributed by atoms with Gasteiger partial charge < -0.3 is 20.2 Å². The van der Waals surface area contributed by atoms with E-state index in [9.17, 15) is 14.7 Å². The van der Waals surface area contributed by atoms with Gasteiger partial charge in [0.1, 0.15) is 0 Å². The van der Waals surface area contributed by atoms with E-state index >= 15 is 0 Å². The van der Waals surface area contributed by atoms with Crippen molar-refractivity contribution in [2.45, 2.75) is 45.1 Å². The van der Waals surface area contributed by atoms with Crippen LogP contribution in [0.2, 0.25) is 0 Å². The Labute approximate surface area is 126 Å². The van der Waals surface area contributed by atoms with Crippen molar-refractivity contribution in [3.8, 4) is 0 Å². The molecule has 0 aromatic heterocycles. The third-order valence-electron chi connectivity index (χ3n) is 5.21. The van der Waals surface area contributed by atoms with Crippen molar-refractivity contribution >= 4 is 12.0 Å². The topological polar surface area (TPSA) is 72.9 Å². The van der Waals surface area contributed by atoms with Crippen LogP contribution in [-0.2, 0) is 4.79 Å². The monoisotopic (exact) mass is 297 g/mol. The quantitative estimate of drug-likeness (QED) is 0.804. The number of carbonyl (C=O) groups is 2. The molecule has 0 aromatic rings. The molecule has 1 heterocycles. The molecule has 1 aliphatic heterocycles. The molecule has 1 saturated carbocycles. The SMILES string of the molecule is CCN1CCC(N(C)C(=O)NCC2(C(=O)O)CCC2)CC1. The summed E-state index contributed by atoms with van der Waals surface area (Å²) in [5, 5.41) is 12.1. The summed E-state index contributed by atoms with van der Waals surface area (Å²) in [6.07, 6.45) is 4.25. The Hall–Kier alpha value is -1.30. The van der Waals surface area contributed by atoms with E-state index in [0.717, 1.165) is 38.9 Å². The van der Waals surface area contributed by atoms with Crippen molar-refractivity contribution < 1.29 is 14.7 Å². The van der Waals surface area contributed by atoms with Crippen molar-refractivity contribution in [1.82, 2.24) is 15.1 Å². The molecule has 2 amide bonds. The van der Waals surface area contributed by atoms with Gasteiger partial charge in [-0.1, -0.05) is 13.3 Å². The number of carbonyl (C=O) groups excluding carboxylic acids is 1. The Morgan fingerprint density at radius 1 is 1.33 bits per heavy atom. The Balaban J connectivity index is 1.79. The number of rotatable bonds is 5. The summed E-state index contributed by atoms with van der Waals surface area (Å²) >= 11 is 0. The summed E-state index contributed by atoms with van der Waals surface area (Å²) in [6, 6.07) is 0.118. The minimum absolute atomic E-state index is 0.141. The van der Waals surface area contributed by atoms with Crippen LogP contribution in [-0.4, -0.2) is 66.2 Å². The number of likely N-dealkylation sites (tertiary alicyclic amines) is 1. The average Bonchev–Trinajstić information content (AvgIpc) is 2.44. The second-order valence-corrected chi connectivity index (χ2v) is 6.37. The fraction of sp³-hybridized carbons (Fsp3) is 0.867. The van der Waals surface area contributed by atoms with Crippen molar-refractivity contribution in [2.24, 2.45) is 5.41 Å². The van der Waals surface area contributed by atoms with Crippen LogP contribution in [0.3, 0.4) is 0 Å². The molecule has 120 valence electrons. The van der Waals surface area contributed by atoms with Gasteiger partial charge in [0.15, 0.2) is 0 Å². The zero-order valence-corrected chi connectivity index (χ0v) is 13.1. The zero-order valence-electron chi connectivity index (χ0n) is 13.1. The van der Waals surface area contributed by atoms with Gasteiger partial charge in [-0.3, -0.25) is 4.79 Å². The third-order valence-corrected chi connectivity index (χ3v) is 5.21. The number of hydrogen-bond acceptors (Lipinski definition) is 3. The molecule has 6 heteroatoms. The fourth-order valence-electron chi connectivity index (χ4n) is 3.23.